The molecule has 0 aliphatic carbocycles. The molecular weight excluding hydrogens is 274 g/mol. The molecule has 3 nitrogen and oxygen atoms in total. The Bertz CT molecular complexity index is 671. The molecule has 22 heavy (non-hydrogen) atoms. The van der Waals surface area contributed by atoms with Crippen LogP contribution in [0.15, 0.2) is 30.3 Å². The number of hydrogen-bond donors (Lipinski definition) is 1. The fourth-order valence-electron chi connectivity index (χ4n) is 3.44. The molecule has 0 aromatic heterocycles. The van der Waals surface area contributed by atoms with Gasteiger partial charge in [0.25, 0.3) is 0 Å². The highest BCUT2D eigenvalue weighted by molar-refractivity contribution is 5.49. The summed E-state index contributed by atoms with van der Waals surface area (Å²) in [7, 11) is 3.45. The molecule has 3 heteroatoms. The summed E-state index contributed by atoms with van der Waals surface area (Å²) in [6.07, 6.45) is 1.04. The van der Waals surface area contributed by atoms with Crippen LogP contribution in [0.25, 0.3) is 0 Å². The van der Waals surface area contributed by atoms with E-state index in [1.165, 1.54) is 27.8 Å². The van der Waals surface area contributed by atoms with E-state index in [0.717, 1.165) is 24.5 Å². The van der Waals surface area contributed by atoms with Gasteiger partial charge in [0.05, 0.1) is 20.3 Å². The van der Waals surface area contributed by atoms with Gasteiger partial charge in [-0.2, -0.15) is 0 Å². The number of ether oxygens (including phenoxy) is 2. The summed E-state index contributed by atoms with van der Waals surface area (Å²) in [5.74, 6) is 1.91. The van der Waals surface area contributed by atoms with Crippen molar-refractivity contribution in [2.75, 3.05) is 20.8 Å². The van der Waals surface area contributed by atoms with E-state index >= 15 is 0 Å². The Labute approximate surface area is 132 Å². The van der Waals surface area contributed by atoms with E-state index in [9.17, 15) is 0 Å². The van der Waals surface area contributed by atoms with Gasteiger partial charge in [-0.15, -0.1) is 0 Å². The lowest BCUT2D eigenvalue weighted by Crippen LogP contribution is -2.30. The van der Waals surface area contributed by atoms with Crippen LogP contribution in [0.4, 0.5) is 0 Å². The molecule has 1 aliphatic heterocycles. The highest BCUT2D eigenvalue weighted by Crippen LogP contribution is 2.34. The molecule has 2 aromatic carbocycles. The topological polar surface area (TPSA) is 30.5 Å². The number of rotatable bonds is 3. The molecule has 0 radical (unpaired) electrons. The second-order valence-corrected chi connectivity index (χ2v) is 5.89. The van der Waals surface area contributed by atoms with Gasteiger partial charge in [-0.1, -0.05) is 18.2 Å². The molecule has 3 rings (SSSR count). The Kier molecular flexibility index (Phi) is 4.08. The van der Waals surface area contributed by atoms with Crippen molar-refractivity contribution in [2.45, 2.75) is 26.3 Å². The van der Waals surface area contributed by atoms with Crippen LogP contribution >= 0.6 is 0 Å². The van der Waals surface area contributed by atoms with Gasteiger partial charge in [0.15, 0.2) is 0 Å². The van der Waals surface area contributed by atoms with Gasteiger partial charge in [0.2, 0.25) is 0 Å². The normalized spacial score (nSPS) is 17.0. The highest BCUT2D eigenvalue weighted by Gasteiger charge is 2.22. The third kappa shape index (κ3) is 2.57. The van der Waals surface area contributed by atoms with Gasteiger partial charge < -0.3 is 14.8 Å². The summed E-state index contributed by atoms with van der Waals surface area (Å²) in [6.45, 7) is 5.19. The zero-order valence-corrected chi connectivity index (χ0v) is 13.7. The number of fused-ring (bicyclic) bond motifs is 1. The maximum atomic E-state index is 5.48. The van der Waals surface area contributed by atoms with Crippen molar-refractivity contribution in [1.29, 1.82) is 0 Å². The molecule has 0 saturated heterocycles. The zero-order valence-electron chi connectivity index (χ0n) is 13.7. The van der Waals surface area contributed by atoms with Crippen LogP contribution in [0, 0.1) is 13.8 Å². The third-order valence-corrected chi connectivity index (χ3v) is 4.42. The maximum absolute atomic E-state index is 5.48. The summed E-state index contributed by atoms with van der Waals surface area (Å²) in [5.41, 5.74) is 6.37. The molecule has 116 valence electrons. The minimum Gasteiger partial charge on any atom is -0.497 e. The van der Waals surface area contributed by atoms with Crippen molar-refractivity contribution in [2.24, 2.45) is 0 Å². The first-order valence-electron chi connectivity index (χ1n) is 7.69. The fourth-order valence-corrected chi connectivity index (χ4v) is 3.44. The number of benzene rings is 2. The van der Waals surface area contributed by atoms with Crippen molar-refractivity contribution in [3.63, 3.8) is 0 Å². The third-order valence-electron chi connectivity index (χ3n) is 4.42. The summed E-state index contributed by atoms with van der Waals surface area (Å²) >= 11 is 0. The van der Waals surface area contributed by atoms with Crippen molar-refractivity contribution in [3.05, 3.63) is 58.1 Å². The van der Waals surface area contributed by atoms with Gasteiger partial charge in [-0.05, 0) is 60.2 Å². The Morgan fingerprint density at radius 3 is 2.36 bits per heavy atom. The molecule has 0 spiro atoms. The van der Waals surface area contributed by atoms with E-state index in [4.69, 9.17) is 9.47 Å². The van der Waals surface area contributed by atoms with Crippen LogP contribution in [0.2, 0.25) is 0 Å². The molecule has 1 N–H and O–H groups in total. The quantitative estimate of drug-likeness (QED) is 0.939. The smallest absolute Gasteiger partial charge is 0.124 e. The molecule has 1 unspecified atom stereocenters. The Morgan fingerprint density at radius 2 is 1.73 bits per heavy atom. The van der Waals surface area contributed by atoms with Gasteiger partial charge >= 0.3 is 0 Å². The average molecular weight is 297 g/mol. The Balaban J connectivity index is 2.04. The summed E-state index contributed by atoms with van der Waals surface area (Å²) in [6, 6.07) is 11.1. The van der Waals surface area contributed by atoms with Crippen LogP contribution in [-0.4, -0.2) is 20.8 Å². The molecule has 0 saturated carbocycles. The van der Waals surface area contributed by atoms with Gasteiger partial charge in [-0.3, -0.25) is 0 Å². The first-order valence-corrected chi connectivity index (χ1v) is 7.69. The molecule has 0 bridgehead atoms. The predicted molar refractivity (Wildman–Crippen MR) is 89.0 cm³/mol. The standard InChI is InChI=1S/C19H23NO2/c1-12-9-15(10-13(2)19(12)22-4)18-17-6-5-16(21-3)11-14(17)7-8-20-18/h5-6,9-11,18,20H,7-8H2,1-4H3. The van der Waals surface area contributed by atoms with Crippen molar-refractivity contribution in [1.82, 2.24) is 5.32 Å². The Hall–Kier alpha value is -2.00. The lowest BCUT2D eigenvalue weighted by molar-refractivity contribution is 0.408. The molecule has 1 atom stereocenters. The monoisotopic (exact) mass is 297 g/mol. The van der Waals surface area contributed by atoms with Gasteiger partial charge in [0, 0.05) is 6.54 Å². The van der Waals surface area contributed by atoms with Gasteiger partial charge in [-0.25, -0.2) is 0 Å². The summed E-state index contributed by atoms with van der Waals surface area (Å²) in [4.78, 5) is 0. The number of methoxy groups -OCH3 is 2. The van der Waals surface area contributed by atoms with Crippen molar-refractivity contribution < 1.29 is 9.47 Å². The lowest BCUT2D eigenvalue weighted by atomic mass is 9.88. The van der Waals surface area contributed by atoms with E-state index in [0.29, 0.717) is 0 Å². The van der Waals surface area contributed by atoms with Gasteiger partial charge in [0.1, 0.15) is 11.5 Å². The first-order chi connectivity index (χ1) is 10.6. The fraction of sp³-hybridized carbons (Fsp3) is 0.368. The minimum atomic E-state index is 0.234. The molecule has 1 aliphatic rings. The number of nitrogens with one attached hydrogen (secondary N) is 1. The molecule has 0 fully saturated rings. The van der Waals surface area contributed by atoms with E-state index in [1.807, 2.05) is 6.07 Å². The minimum absolute atomic E-state index is 0.234. The SMILES string of the molecule is COc1ccc2c(c1)CCNC2c1cc(C)c(OC)c(C)c1. The molecule has 1 heterocycles. The van der Waals surface area contributed by atoms with Crippen LogP contribution < -0.4 is 14.8 Å². The predicted octanol–water partition coefficient (Wildman–Crippen LogP) is 3.56. The first kappa shape index (κ1) is 14.9. The maximum Gasteiger partial charge on any atom is 0.124 e. The lowest BCUT2D eigenvalue weighted by Gasteiger charge is -2.28. The zero-order chi connectivity index (χ0) is 15.7. The van der Waals surface area contributed by atoms with Crippen LogP contribution in [-0.2, 0) is 6.42 Å². The Morgan fingerprint density at radius 1 is 1.00 bits per heavy atom. The van der Waals surface area contributed by atoms with E-state index < -0.39 is 0 Å². The molecular formula is C19H23NO2. The van der Waals surface area contributed by atoms with Crippen LogP contribution in [0.3, 0.4) is 0 Å². The van der Waals surface area contributed by atoms with E-state index in [2.05, 4.69) is 43.4 Å². The van der Waals surface area contributed by atoms with Crippen molar-refractivity contribution >= 4 is 0 Å². The molecule has 0 amide bonds. The van der Waals surface area contributed by atoms with E-state index in [1.54, 1.807) is 14.2 Å². The molecule has 2 aromatic rings. The van der Waals surface area contributed by atoms with E-state index in [-0.39, 0.29) is 6.04 Å². The second-order valence-electron chi connectivity index (χ2n) is 5.89. The highest BCUT2D eigenvalue weighted by atomic mass is 16.5. The largest absolute Gasteiger partial charge is 0.497 e. The summed E-state index contributed by atoms with van der Waals surface area (Å²) < 4.78 is 10.8. The van der Waals surface area contributed by atoms with Crippen LogP contribution in [0.5, 0.6) is 11.5 Å². The van der Waals surface area contributed by atoms with Crippen LogP contribution in [0.1, 0.15) is 33.9 Å². The number of aryl methyl sites for hydroxylation is 2. The second kappa shape index (κ2) is 6.01. The van der Waals surface area contributed by atoms with Crippen molar-refractivity contribution in [3.8, 4) is 11.5 Å². The number of hydrogen-bond acceptors (Lipinski definition) is 3. The summed E-state index contributed by atoms with van der Waals surface area (Å²) in [5, 5.41) is 3.64. The average Bonchev–Trinajstić information content (AvgIpc) is 2.53.